The van der Waals surface area contributed by atoms with Crippen LogP contribution in [-0.2, 0) is 22.7 Å². The van der Waals surface area contributed by atoms with E-state index in [4.69, 9.17) is 9.47 Å². The number of carbonyl (C=O) groups excluding carboxylic acids is 2. The van der Waals surface area contributed by atoms with E-state index in [1.165, 1.54) is 17.0 Å². The van der Waals surface area contributed by atoms with Crippen molar-refractivity contribution in [2.24, 2.45) is 0 Å². The smallest absolute Gasteiger partial charge is 0.261 e. The molecule has 194 valence electrons. The molecule has 6 nitrogen and oxygen atoms in total. The van der Waals surface area contributed by atoms with Crippen molar-refractivity contribution in [1.29, 1.82) is 0 Å². The summed E-state index contributed by atoms with van der Waals surface area (Å²) in [5.74, 6) is 0.0592. The molecule has 0 fully saturated rings. The van der Waals surface area contributed by atoms with E-state index in [-0.39, 0.29) is 37.3 Å². The van der Waals surface area contributed by atoms with E-state index in [0.29, 0.717) is 22.6 Å². The van der Waals surface area contributed by atoms with E-state index in [1.807, 2.05) is 60.7 Å². The normalized spacial score (nSPS) is 11.3. The topological polar surface area (TPSA) is 67.9 Å². The molecule has 0 spiro atoms. The third kappa shape index (κ3) is 6.97. The highest BCUT2D eigenvalue weighted by Crippen LogP contribution is 2.25. The van der Waals surface area contributed by atoms with Crippen LogP contribution < -0.4 is 14.8 Å². The molecule has 1 N–H and O–H groups in total. The number of benzene rings is 4. The molecule has 0 bridgehead atoms. The first-order valence-electron chi connectivity index (χ1n) is 12.2. The standard InChI is InChI=1S/C31H29FN2O4/c1-37-28-15-9-8-12-25(28)20-33-31(36)30(24-10-4-2-5-11-24)34(21-23-16-18-26(32)19-17-23)29(35)22-38-27-13-6-3-7-14-27/h2-19,30H,20-22H2,1H3,(H,33,36)/t30-/m1/s1. The molecule has 2 amide bonds. The Hall–Kier alpha value is -4.65. The number of ether oxygens (including phenoxy) is 2. The maximum atomic E-state index is 13.7. The van der Waals surface area contributed by atoms with E-state index in [0.717, 1.165) is 5.56 Å². The van der Waals surface area contributed by atoms with Crippen LogP contribution in [0.5, 0.6) is 11.5 Å². The minimum atomic E-state index is -0.956. The number of halogens is 1. The first kappa shape index (κ1) is 26.4. The Bertz CT molecular complexity index is 1330. The number of carbonyl (C=O) groups is 2. The third-order valence-corrected chi connectivity index (χ3v) is 6.01. The lowest BCUT2D eigenvalue weighted by molar-refractivity contribution is -0.143. The second kappa shape index (κ2) is 13.1. The zero-order valence-electron chi connectivity index (χ0n) is 21.0. The molecule has 0 heterocycles. The highest BCUT2D eigenvalue weighted by atomic mass is 19.1. The Kier molecular flexibility index (Phi) is 9.07. The fraction of sp³-hybridized carbons (Fsp3) is 0.161. The van der Waals surface area contributed by atoms with Gasteiger partial charge in [0.2, 0.25) is 5.91 Å². The van der Waals surface area contributed by atoms with Crippen molar-refractivity contribution >= 4 is 11.8 Å². The second-order valence-electron chi connectivity index (χ2n) is 8.59. The van der Waals surface area contributed by atoms with Crippen LogP contribution in [0.25, 0.3) is 0 Å². The minimum absolute atomic E-state index is 0.0822. The Morgan fingerprint density at radius 3 is 2.16 bits per heavy atom. The van der Waals surface area contributed by atoms with Crippen LogP contribution >= 0.6 is 0 Å². The van der Waals surface area contributed by atoms with Crippen LogP contribution in [0.2, 0.25) is 0 Å². The van der Waals surface area contributed by atoms with Gasteiger partial charge in [0.25, 0.3) is 5.91 Å². The van der Waals surface area contributed by atoms with Gasteiger partial charge in [-0.05, 0) is 41.5 Å². The average Bonchev–Trinajstić information content (AvgIpc) is 2.96. The fourth-order valence-corrected chi connectivity index (χ4v) is 4.09. The molecule has 0 saturated carbocycles. The van der Waals surface area contributed by atoms with Crippen molar-refractivity contribution < 1.29 is 23.5 Å². The summed E-state index contributed by atoms with van der Waals surface area (Å²) in [5.41, 5.74) is 2.12. The number of nitrogens with one attached hydrogen (secondary N) is 1. The fourth-order valence-electron chi connectivity index (χ4n) is 4.09. The molecule has 38 heavy (non-hydrogen) atoms. The summed E-state index contributed by atoms with van der Waals surface area (Å²) in [5, 5.41) is 2.96. The largest absolute Gasteiger partial charge is 0.496 e. The van der Waals surface area contributed by atoms with Crippen LogP contribution in [-0.4, -0.2) is 30.4 Å². The Morgan fingerprint density at radius 2 is 1.47 bits per heavy atom. The molecule has 4 rings (SSSR count). The zero-order chi connectivity index (χ0) is 26.7. The number of methoxy groups -OCH3 is 1. The molecular formula is C31H29FN2O4. The number of rotatable bonds is 11. The predicted octanol–water partition coefficient (Wildman–Crippen LogP) is 5.30. The van der Waals surface area contributed by atoms with Crippen molar-refractivity contribution in [2.45, 2.75) is 19.1 Å². The second-order valence-corrected chi connectivity index (χ2v) is 8.59. The average molecular weight is 513 g/mol. The van der Waals surface area contributed by atoms with E-state index in [9.17, 15) is 14.0 Å². The summed E-state index contributed by atoms with van der Waals surface area (Å²) >= 11 is 0. The number of amides is 2. The molecule has 0 aliphatic heterocycles. The van der Waals surface area contributed by atoms with Crippen LogP contribution in [0.1, 0.15) is 22.7 Å². The van der Waals surface area contributed by atoms with E-state index < -0.39 is 6.04 Å². The first-order valence-corrected chi connectivity index (χ1v) is 12.2. The molecular weight excluding hydrogens is 483 g/mol. The van der Waals surface area contributed by atoms with Crippen LogP contribution in [0.3, 0.4) is 0 Å². The number of hydrogen-bond acceptors (Lipinski definition) is 4. The third-order valence-electron chi connectivity index (χ3n) is 6.01. The van der Waals surface area contributed by atoms with Crippen LogP contribution in [0, 0.1) is 5.82 Å². The summed E-state index contributed by atoms with van der Waals surface area (Å²) in [6.45, 7) is 0.0263. The van der Waals surface area contributed by atoms with Gasteiger partial charge in [-0.15, -0.1) is 0 Å². The van der Waals surface area contributed by atoms with Gasteiger partial charge in [0.05, 0.1) is 7.11 Å². The van der Waals surface area contributed by atoms with E-state index in [2.05, 4.69) is 5.32 Å². The van der Waals surface area contributed by atoms with Crippen molar-refractivity contribution in [3.8, 4) is 11.5 Å². The molecule has 0 aliphatic carbocycles. The van der Waals surface area contributed by atoms with Gasteiger partial charge in [-0.3, -0.25) is 9.59 Å². The number of nitrogens with zero attached hydrogens (tertiary/aromatic N) is 1. The lowest BCUT2D eigenvalue weighted by Crippen LogP contribution is -2.45. The molecule has 0 radical (unpaired) electrons. The summed E-state index contributed by atoms with van der Waals surface area (Å²) in [6, 6.07) is 30.4. The molecule has 0 aromatic heterocycles. The lowest BCUT2D eigenvalue weighted by Gasteiger charge is -2.31. The van der Waals surface area contributed by atoms with E-state index in [1.54, 1.807) is 43.5 Å². The molecule has 4 aromatic carbocycles. The molecule has 0 saturated heterocycles. The molecule has 0 unspecified atom stereocenters. The summed E-state index contributed by atoms with van der Waals surface area (Å²) in [6.07, 6.45) is 0. The zero-order valence-corrected chi connectivity index (χ0v) is 21.0. The minimum Gasteiger partial charge on any atom is -0.496 e. The predicted molar refractivity (Wildman–Crippen MR) is 143 cm³/mol. The Morgan fingerprint density at radius 1 is 0.842 bits per heavy atom. The van der Waals surface area contributed by atoms with Gasteiger partial charge in [-0.1, -0.05) is 78.9 Å². The molecule has 0 aliphatic rings. The van der Waals surface area contributed by atoms with Crippen LogP contribution in [0.15, 0.2) is 109 Å². The van der Waals surface area contributed by atoms with Crippen molar-refractivity contribution in [3.05, 3.63) is 132 Å². The highest BCUT2D eigenvalue weighted by molar-refractivity contribution is 5.89. The summed E-state index contributed by atoms with van der Waals surface area (Å²) < 4.78 is 24.7. The van der Waals surface area contributed by atoms with Gasteiger partial charge >= 0.3 is 0 Å². The van der Waals surface area contributed by atoms with Gasteiger partial charge in [0.15, 0.2) is 6.61 Å². The SMILES string of the molecule is COc1ccccc1CNC(=O)[C@@H](c1ccccc1)N(Cc1ccc(F)cc1)C(=O)COc1ccccc1. The van der Waals surface area contributed by atoms with Crippen molar-refractivity contribution in [3.63, 3.8) is 0 Å². The lowest BCUT2D eigenvalue weighted by atomic mass is 10.0. The number of para-hydroxylation sites is 2. The summed E-state index contributed by atoms with van der Waals surface area (Å²) in [7, 11) is 1.57. The van der Waals surface area contributed by atoms with Crippen molar-refractivity contribution in [2.75, 3.05) is 13.7 Å². The molecule has 7 heteroatoms. The maximum Gasteiger partial charge on any atom is 0.261 e. The van der Waals surface area contributed by atoms with Gasteiger partial charge in [-0.25, -0.2) is 4.39 Å². The monoisotopic (exact) mass is 512 g/mol. The van der Waals surface area contributed by atoms with Gasteiger partial charge in [0, 0.05) is 18.7 Å². The maximum absolute atomic E-state index is 13.7. The first-order chi connectivity index (χ1) is 18.5. The van der Waals surface area contributed by atoms with Crippen LogP contribution in [0.4, 0.5) is 4.39 Å². The van der Waals surface area contributed by atoms with Gasteiger partial charge in [-0.2, -0.15) is 0 Å². The Balaban J connectivity index is 1.63. The van der Waals surface area contributed by atoms with E-state index >= 15 is 0 Å². The van der Waals surface area contributed by atoms with Crippen molar-refractivity contribution in [1.82, 2.24) is 10.2 Å². The van der Waals surface area contributed by atoms with Gasteiger partial charge < -0.3 is 19.7 Å². The quantitative estimate of drug-likeness (QED) is 0.296. The number of hydrogen-bond donors (Lipinski definition) is 1. The molecule has 1 atom stereocenters. The highest BCUT2D eigenvalue weighted by Gasteiger charge is 2.32. The molecule has 4 aromatic rings. The Labute approximate surface area is 221 Å². The van der Waals surface area contributed by atoms with Gasteiger partial charge in [0.1, 0.15) is 23.4 Å². The summed E-state index contributed by atoms with van der Waals surface area (Å²) in [4.78, 5) is 28.8.